The van der Waals surface area contributed by atoms with Gasteiger partial charge in [-0.05, 0) is 24.1 Å². The van der Waals surface area contributed by atoms with Gasteiger partial charge in [-0.15, -0.1) is 5.10 Å². The molecule has 2 aromatic heterocycles. The van der Waals surface area contributed by atoms with Gasteiger partial charge in [-0.25, -0.2) is 0 Å². The van der Waals surface area contributed by atoms with E-state index in [-0.39, 0.29) is 0 Å². The van der Waals surface area contributed by atoms with E-state index in [1.807, 2.05) is 19.2 Å². The van der Waals surface area contributed by atoms with Crippen molar-refractivity contribution < 1.29 is 0 Å². The highest BCUT2D eigenvalue weighted by Crippen LogP contribution is 2.14. The molecule has 2 aromatic rings. The summed E-state index contributed by atoms with van der Waals surface area (Å²) in [4.78, 5) is 6.09. The molecule has 17 heavy (non-hydrogen) atoms. The van der Waals surface area contributed by atoms with Crippen LogP contribution in [0.3, 0.4) is 0 Å². The number of nitrogens with zero attached hydrogens (tertiary/aromatic N) is 4. The number of halogens is 1. The largest absolute Gasteiger partial charge is 0.373 e. The molecule has 0 amide bonds. The van der Waals surface area contributed by atoms with E-state index in [1.54, 1.807) is 24.7 Å². The summed E-state index contributed by atoms with van der Waals surface area (Å²) in [6, 6.07) is 5.85. The minimum atomic E-state index is 0.415. The Morgan fingerprint density at radius 2 is 2.06 bits per heavy atom. The van der Waals surface area contributed by atoms with E-state index in [0.29, 0.717) is 5.15 Å². The number of hydrogen-bond acceptors (Lipinski definition) is 4. The molecule has 0 unspecified atom stereocenters. The lowest BCUT2D eigenvalue weighted by Crippen LogP contribution is -2.20. The van der Waals surface area contributed by atoms with Gasteiger partial charge in [0, 0.05) is 32.1 Å². The average molecular weight is 249 g/mol. The number of hydrogen-bond donors (Lipinski definition) is 0. The second kappa shape index (κ2) is 5.59. The third-order valence-electron chi connectivity index (χ3n) is 2.54. The number of anilines is 1. The maximum Gasteiger partial charge on any atom is 0.153 e. The van der Waals surface area contributed by atoms with Crippen molar-refractivity contribution in [3.05, 3.63) is 47.5 Å². The first-order valence-electron chi connectivity index (χ1n) is 5.34. The normalized spacial score (nSPS) is 10.2. The molecule has 0 aliphatic rings. The lowest BCUT2D eigenvalue weighted by Gasteiger charge is -2.18. The van der Waals surface area contributed by atoms with Gasteiger partial charge in [0.25, 0.3) is 0 Å². The van der Waals surface area contributed by atoms with E-state index in [9.17, 15) is 0 Å². The van der Waals surface area contributed by atoms with Gasteiger partial charge in [0.15, 0.2) is 5.15 Å². The van der Waals surface area contributed by atoms with Crippen LogP contribution in [0.15, 0.2) is 36.8 Å². The SMILES string of the molecule is CN(CCc1ccncc1)c1cnnc(Cl)c1. The summed E-state index contributed by atoms with van der Waals surface area (Å²) in [7, 11) is 2.01. The molecule has 2 rings (SSSR count). The van der Waals surface area contributed by atoms with Gasteiger partial charge < -0.3 is 4.90 Å². The molecule has 0 spiro atoms. The molecule has 0 aliphatic heterocycles. The van der Waals surface area contributed by atoms with Crippen molar-refractivity contribution in [3.63, 3.8) is 0 Å². The Bertz CT molecular complexity index is 475. The zero-order chi connectivity index (χ0) is 12.1. The third-order valence-corrected chi connectivity index (χ3v) is 2.72. The van der Waals surface area contributed by atoms with Crippen LogP contribution in [0, 0.1) is 0 Å². The fraction of sp³-hybridized carbons (Fsp3) is 0.250. The van der Waals surface area contributed by atoms with E-state index in [0.717, 1.165) is 18.7 Å². The Labute approximate surface area is 105 Å². The van der Waals surface area contributed by atoms with Gasteiger partial charge in [0.2, 0.25) is 0 Å². The van der Waals surface area contributed by atoms with Crippen molar-refractivity contribution in [1.29, 1.82) is 0 Å². The summed E-state index contributed by atoms with van der Waals surface area (Å²) in [5, 5.41) is 7.96. The molecular weight excluding hydrogens is 236 g/mol. The Morgan fingerprint density at radius 3 is 2.76 bits per heavy atom. The van der Waals surface area contributed by atoms with Gasteiger partial charge in [-0.2, -0.15) is 5.10 Å². The van der Waals surface area contributed by atoms with Crippen LogP contribution in [0.5, 0.6) is 0 Å². The highest BCUT2D eigenvalue weighted by molar-refractivity contribution is 6.29. The van der Waals surface area contributed by atoms with Gasteiger partial charge >= 0.3 is 0 Å². The Balaban J connectivity index is 1.96. The van der Waals surface area contributed by atoms with Gasteiger partial charge in [-0.3, -0.25) is 4.98 Å². The lowest BCUT2D eigenvalue weighted by molar-refractivity contribution is 0.864. The van der Waals surface area contributed by atoms with Crippen molar-refractivity contribution in [3.8, 4) is 0 Å². The van der Waals surface area contributed by atoms with E-state index >= 15 is 0 Å². The van der Waals surface area contributed by atoms with E-state index in [1.165, 1.54) is 5.56 Å². The average Bonchev–Trinajstić information content (AvgIpc) is 2.37. The number of aromatic nitrogens is 3. The molecule has 2 heterocycles. The van der Waals surface area contributed by atoms with Gasteiger partial charge in [0.05, 0.1) is 11.9 Å². The molecule has 5 heteroatoms. The van der Waals surface area contributed by atoms with Gasteiger partial charge in [0.1, 0.15) is 0 Å². The Hall–Kier alpha value is -1.68. The predicted molar refractivity (Wildman–Crippen MR) is 68.3 cm³/mol. The molecule has 0 saturated heterocycles. The molecule has 0 aromatic carbocycles. The summed E-state index contributed by atoms with van der Waals surface area (Å²) in [6.45, 7) is 0.895. The van der Waals surface area contributed by atoms with Crippen molar-refractivity contribution >= 4 is 17.3 Å². The van der Waals surface area contributed by atoms with E-state index in [2.05, 4.69) is 20.1 Å². The van der Waals surface area contributed by atoms with Crippen molar-refractivity contribution in [1.82, 2.24) is 15.2 Å². The van der Waals surface area contributed by atoms with Crippen LogP contribution in [-0.4, -0.2) is 28.8 Å². The third kappa shape index (κ3) is 3.39. The number of rotatable bonds is 4. The number of pyridine rings is 1. The quantitative estimate of drug-likeness (QED) is 0.832. The van der Waals surface area contributed by atoms with Crippen LogP contribution in [-0.2, 0) is 6.42 Å². The first-order valence-corrected chi connectivity index (χ1v) is 5.72. The van der Waals surface area contributed by atoms with Crippen LogP contribution in [0.25, 0.3) is 0 Å². The molecule has 0 bridgehead atoms. The standard InChI is InChI=1S/C12H13ClN4/c1-17(11-8-12(13)16-15-9-11)7-4-10-2-5-14-6-3-10/h2-3,5-6,8-9H,4,7H2,1H3. The summed E-state index contributed by atoms with van der Waals surface area (Å²) in [5.74, 6) is 0. The van der Waals surface area contributed by atoms with E-state index in [4.69, 9.17) is 11.6 Å². The Morgan fingerprint density at radius 1 is 1.29 bits per heavy atom. The molecule has 88 valence electrons. The summed E-state index contributed by atoms with van der Waals surface area (Å²) >= 11 is 5.80. The summed E-state index contributed by atoms with van der Waals surface area (Å²) in [5.41, 5.74) is 2.24. The minimum Gasteiger partial charge on any atom is -0.373 e. The van der Waals surface area contributed by atoms with Crippen LogP contribution < -0.4 is 4.90 Å². The van der Waals surface area contributed by atoms with Crippen molar-refractivity contribution in [2.24, 2.45) is 0 Å². The second-order valence-electron chi connectivity index (χ2n) is 3.76. The Kier molecular flexibility index (Phi) is 3.88. The summed E-state index contributed by atoms with van der Waals surface area (Å²) in [6.07, 6.45) is 6.28. The van der Waals surface area contributed by atoms with Crippen LogP contribution in [0.2, 0.25) is 5.15 Å². The second-order valence-corrected chi connectivity index (χ2v) is 4.15. The monoisotopic (exact) mass is 248 g/mol. The summed E-state index contributed by atoms with van der Waals surface area (Å²) < 4.78 is 0. The highest BCUT2D eigenvalue weighted by atomic mass is 35.5. The maximum absolute atomic E-state index is 5.80. The molecule has 0 N–H and O–H groups in total. The zero-order valence-corrected chi connectivity index (χ0v) is 10.3. The smallest absolute Gasteiger partial charge is 0.153 e. The zero-order valence-electron chi connectivity index (χ0n) is 9.55. The first-order chi connectivity index (χ1) is 8.25. The topological polar surface area (TPSA) is 41.9 Å². The van der Waals surface area contributed by atoms with Crippen LogP contribution >= 0.6 is 11.6 Å². The fourth-order valence-corrected chi connectivity index (χ4v) is 1.67. The first kappa shape index (κ1) is 11.8. The van der Waals surface area contributed by atoms with Crippen molar-refractivity contribution in [2.75, 3.05) is 18.5 Å². The molecule has 0 saturated carbocycles. The highest BCUT2D eigenvalue weighted by Gasteiger charge is 2.03. The lowest BCUT2D eigenvalue weighted by atomic mass is 10.2. The minimum absolute atomic E-state index is 0.415. The van der Waals surface area contributed by atoms with Crippen LogP contribution in [0.4, 0.5) is 5.69 Å². The molecule has 4 nitrogen and oxygen atoms in total. The maximum atomic E-state index is 5.80. The molecule has 0 aliphatic carbocycles. The van der Waals surface area contributed by atoms with E-state index < -0.39 is 0 Å². The van der Waals surface area contributed by atoms with Gasteiger partial charge in [-0.1, -0.05) is 11.6 Å². The molecular formula is C12H13ClN4. The molecule has 0 radical (unpaired) electrons. The fourth-order valence-electron chi connectivity index (χ4n) is 1.52. The molecule has 0 fully saturated rings. The number of likely N-dealkylation sites (N-methyl/N-ethyl adjacent to an activating group) is 1. The predicted octanol–water partition coefficient (Wildman–Crippen LogP) is 2.20. The van der Waals surface area contributed by atoms with Crippen LogP contribution in [0.1, 0.15) is 5.56 Å². The van der Waals surface area contributed by atoms with Crippen molar-refractivity contribution in [2.45, 2.75) is 6.42 Å². The molecule has 0 atom stereocenters.